The van der Waals surface area contributed by atoms with Crippen LogP contribution in [0.5, 0.6) is 0 Å². The number of fused-ring (bicyclic) bond motifs is 1. The Labute approximate surface area is 168 Å². The summed E-state index contributed by atoms with van der Waals surface area (Å²) in [6.45, 7) is 0.844. The predicted molar refractivity (Wildman–Crippen MR) is 106 cm³/mol. The maximum absolute atomic E-state index is 12.6. The summed E-state index contributed by atoms with van der Waals surface area (Å²) in [6, 6.07) is 4.21. The minimum Gasteiger partial charge on any atom is -0.346 e. The third kappa shape index (κ3) is 3.01. The van der Waals surface area contributed by atoms with Crippen molar-refractivity contribution in [1.29, 1.82) is 5.26 Å². The summed E-state index contributed by atoms with van der Waals surface area (Å²) in [5, 5.41) is 14.7. The van der Waals surface area contributed by atoms with Crippen LogP contribution in [0, 0.1) is 11.3 Å². The highest BCUT2D eigenvalue weighted by atomic mass is 32.2. The van der Waals surface area contributed by atoms with Crippen molar-refractivity contribution in [1.82, 2.24) is 29.0 Å². The molecule has 5 rings (SSSR count). The van der Waals surface area contributed by atoms with Gasteiger partial charge in [0.05, 0.1) is 35.2 Å². The van der Waals surface area contributed by atoms with Gasteiger partial charge in [0.25, 0.3) is 0 Å². The molecule has 4 heterocycles. The zero-order valence-corrected chi connectivity index (χ0v) is 16.6. The molecule has 0 atom stereocenters. The third-order valence-electron chi connectivity index (χ3n) is 6.06. The van der Waals surface area contributed by atoms with E-state index in [-0.39, 0.29) is 11.7 Å². The first-order valence-corrected chi connectivity index (χ1v) is 11.2. The summed E-state index contributed by atoms with van der Waals surface area (Å²) in [5.41, 5.74) is 1.88. The van der Waals surface area contributed by atoms with Crippen LogP contribution in [0.2, 0.25) is 0 Å². The first-order chi connectivity index (χ1) is 14.0. The van der Waals surface area contributed by atoms with Gasteiger partial charge in [-0.25, -0.2) is 22.7 Å². The van der Waals surface area contributed by atoms with Crippen LogP contribution in [0.3, 0.4) is 0 Å². The van der Waals surface area contributed by atoms with Crippen LogP contribution >= 0.6 is 0 Å². The maximum atomic E-state index is 12.6. The molecule has 29 heavy (non-hydrogen) atoms. The summed E-state index contributed by atoms with van der Waals surface area (Å²) >= 11 is 0. The van der Waals surface area contributed by atoms with Crippen molar-refractivity contribution >= 4 is 21.1 Å². The van der Waals surface area contributed by atoms with Crippen molar-refractivity contribution in [3.63, 3.8) is 0 Å². The number of rotatable bonds is 5. The van der Waals surface area contributed by atoms with Crippen molar-refractivity contribution in [2.45, 2.75) is 42.9 Å². The minimum absolute atomic E-state index is 0.205. The van der Waals surface area contributed by atoms with Crippen molar-refractivity contribution in [3.8, 4) is 17.3 Å². The van der Waals surface area contributed by atoms with E-state index >= 15 is 0 Å². The molecular formula is C19H21N7O2S. The van der Waals surface area contributed by atoms with Gasteiger partial charge >= 0.3 is 0 Å². The van der Waals surface area contributed by atoms with Crippen molar-refractivity contribution in [2.75, 3.05) is 13.1 Å². The van der Waals surface area contributed by atoms with E-state index in [2.05, 4.69) is 26.1 Å². The summed E-state index contributed by atoms with van der Waals surface area (Å²) in [5.74, 6) is 0. The summed E-state index contributed by atoms with van der Waals surface area (Å²) in [7, 11) is -3.19. The smallest absolute Gasteiger partial charge is 0.216 e. The maximum Gasteiger partial charge on any atom is 0.216 e. The van der Waals surface area contributed by atoms with E-state index in [1.165, 1.54) is 6.33 Å². The van der Waals surface area contributed by atoms with Gasteiger partial charge in [-0.2, -0.15) is 10.4 Å². The highest BCUT2D eigenvalue weighted by molar-refractivity contribution is 7.90. The molecule has 150 valence electrons. The fraction of sp³-hybridized carbons (Fsp3) is 0.474. The fourth-order valence-corrected chi connectivity index (χ4v) is 6.02. The quantitative estimate of drug-likeness (QED) is 0.686. The Hall–Kier alpha value is -2.77. The molecule has 1 saturated heterocycles. The lowest BCUT2D eigenvalue weighted by Gasteiger charge is -2.40. The van der Waals surface area contributed by atoms with E-state index in [1.54, 1.807) is 10.5 Å². The Morgan fingerprint density at radius 2 is 2.07 bits per heavy atom. The third-order valence-corrected chi connectivity index (χ3v) is 8.46. The number of nitriles is 1. The number of nitrogens with zero attached hydrogens (tertiary/aromatic N) is 6. The van der Waals surface area contributed by atoms with Crippen LogP contribution < -0.4 is 0 Å². The standard InChI is InChI=1S/C19H21N7O2S/c20-7-4-19(5-9-25(10-6-19)29(27,28)15-1-2-15)26-12-14(11-24-26)17-16-3-8-21-18(16)23-13-22-17/h3,8,11-13,15H,1-2,4-6,9-10H2,(H,21,22,23). The van der Waals surface area contributed by atoms with Gasteiger partial charge in [0, 0.05) is 36.4 Å². The normalized spacial score (nSPS) is 20.0. The largest absolute Gasteiger partial charge is 0.346 e. The van der Waals surface area contributed by atoms with Gasteiger partial charge in [0.2, 0.25) is 10.0 Å². The number of hydrogen-bond donors (Lipinski definition) is 1. The molecule has 2 fully saturated rings. The van der Waals surface area contributed by atoms with E-state index in [4.69, 9.17) is 0 Å². The van der Waals surface area contributed by atoms with Crippen LogP contribution in [-0.2, 0) is 15.6 Å². The van der Waals surface area contributed by atoms with Crippen LogP contribution in [-0.4, -0.2) is 55.8 Å². The second-order valence-electron chi connectivity index (χ2n) is 7.84. The van der Waals surface area contributed by atoms with E-state index in [0.29, 0.717) is 25.9 Å². The number of hydrogen-bond acceptors (Lipinski definition) is 6. The van der Waals surface area contributed by atoms with Gasteiger partial charge < -0.3 is 4.98 Å². The molecule has 3 aromatic rings. The van der Waals surface area contributed by atoms with Gasteiger partial charge in [-0.15, -0.1) is 0 Å². The average Bonchev–Trinajstić information content (AvgIpc) is 3.28. The van der Waals surface area contributed by atoms with Gasteiger partial charge in [-0.1, -0.05) is 0 Å². The van der Waals surface area contributed by atoms with Crippen LogP contribution in [0.15, 0.2) is 31.0 Å². The summed E-state index contributed by atoms with van der Waals surface area (Å²) in [6.07, 6.45) is 9.94. The minimum atomic E-state index is -3.19. The molecule has 9 nitrogen and oxygen atoms in total. The molecule has 10 heteroatoms. The Morgan fingerprint density at radius 3 is 2.79 bits per heavy atom. The van der Waals surface area contributed by atoms with E-state index in [1.807, 2.05) is 23.1 Å². The Morgan fingerprint density at radius 1 is 1.28 bits per heavy atom. The topological polar surface area (TPSA) is 121 Å². The number of aromatic amines is 1. The zero-order valence-electron chi connectivity index (χ0n) is 15.8. The van der Waals surface area contributed by atoms with Crippen molar-refractivity contribution < 1.29 is 8.42 Å². The SMILES string of the molecule is N#CCC1(n2cc(-c3ncnc4[nH]ccc34)cn2)CCN(S(=O)(=O)C2CC2)CC1. The van der Waals surface area contributed by atoms with Gasteiger partial charge in [0.15, 0.2) is 0 Å². The van der Waals surface area contributed by atoms with Crippen LogP contribution in [0.25, 0.3) is 22.3 Å². The molecular weight excluding hydrogens is 390 g/mol. The predicted octanol–water partition coefficient (Wildman–Crippen LogP) is 2.02. The van der Waals surface area contributed by atoms with Crippen molar-refractivity contribution in [3.05, 3.63) is 31.0 Å². The molecule has 1 N–H and O–H groups in total. The molecule has 1 saturated carbocycles. The lowest BCUT2D eigenvalue weighted by molar-refractivity contribution is 0.148. The van der Waals surface area contributed by atoms with Crippen molar-refractivity contribution in [2.24, 2.45) is 0 Å². The van der Waals surface area contributed by atoms with E-state index in [9.17, 15) is 13.7 Å². The summed E-state index contributed by atoms with van der Waals surface area (Å²) in [4.78, 5) is 11.7. The molecule has 0 spiro atoms. The molecule has 0 amide bonds. The van der Waals surface area contributed by atoms with Gasteiger partial charge in [-0.3, -0.25) is 4.68 Å². The van der Waals surface area contributed by atoms with E-state index < -0.39 is 15.6 Å². The summed E-state index contributed by atoms with van der Waals surface area (Å²) < 4.78 is 28.6. The van der Waals surface area contributed by atoms with Gasteiger partial charge in [-0.05, 0) is 31.7 Å². The Bertz CT molecular complexity index is 1190. The Balaban J connectivity index is 1.44. The molecule has 0 unspecified atom stereocenters. The lowest BCUT2D eigenvalue weighted by Crippen LogP contribution is -2.48. The van der Waals surface area contributed by atoms with Crippen LogP contribution in [0.4, 0.5) is 0 Å². The molecule has 3 aromatic heterocycles. The second kappa shape index (κ2) is 6.64. The second-order valence-corrected chi connectivity index (χ2v) is 10.1. The number of piperidine rings is 1. The molecule has 0 radical (unpaired) electrons. The highest BCUT2D eigenvalue weighted by Crippen LogP contribution is 2.38. The fourth-order valence-electron chi connectivity index (χ4n) is 4.17. The van der Waals surface area contributed by atoms with Crippen LogP contribution in [0.1, 0.15) is 32.1 Å². The number of sulfonamides is 1. The Kier molecular flexibility index (Phi) is 4.18. The van der Waals surface area contributed by atoms with E-state index in [0.717, 1.165) is 35.1 Å². The zero-order chi connectivity index (χ0) is 20.1. The number of aromatic nitrogens is 5. The molecule has 2 aliphatic rings. The molecule has 0 aromatic carbocycles. The first-order valence-electron chi connectivity index (χ1n) is 9.73. The highest BCUT2D eigenvalue weighted by Gasteiger charge is 2.45. The molecule has 1 aliphatic heterocycles. The van der Waals surface area contributed by atoms with Gasteiger partial charge in [0.1, 0.15) is 12.0 Å². The number of nitrogens with one attached hydrogen (secondary N) is 1. The average molecular weight is 411 g/mol. The first kappa shape index (κ1) is 18.3. The molecule has 0 bridgehead atoms. The monoisotopic (exact) mass is 411 g/mol. The number of H-pyrrole nitrogens is 1. The molecule has 1 aliphatic carbocycles. The lowest BCUT2D eigenvalue weighted by atomic mass is 9.85.